The molecule has 4 aliphatic heterocycles. The lowest BCUT2D eigenvalue weighted by molar-refractivity contribution is -0.123. The molecule has 2 fully saturated rings. The molecule has 4 atom stereocenters. The number of esters is 1. The van der Waals surface area contributed by atoms with Crippen molar-refractivity contribution in [3.05, 3.63) is 95.2 Å². The van der Waals surface area contributed by atoms with Gasteiger partial charge in [0.1, 0.15) is 6.04 Å². The van der Waals surface area contributed by atoms with Gasteiger partial charge < -0.3 is 19.1 Å². The van der Waals surface area contributed by atoms with Crippen LogP contribution in [-0.2, 0) is 14.3 Å². The number of carbonyl (C=O) groups excluding carboxylic acids is 4. The number of ketones is 1. The lowest BCUT2D eigenvalue weighted by atomic mass is 9.83. The van der Waals surface area contributed by atoms with Gasteiger partial charge in [-0.3, -0.25) is 14.4 Å². The van der Waals surface area contributed by atoms with E-state index in [1.807, 2.05) is 35.2 Å². The van der Waals surface area contributed by atoms with Crippen molar-refractivity contribution in [3.63, 3.8) is 0 Å². The normalized spacial score (nSPS) is 23.9. The largest absolute Gasteiger partial charge is 0.465 e. The Hall–Kier alpha value is -4.92. The van der Waals surface area contributed by atoms with Crippen molar-refractivity contribution < 1.29 is 33.4 Å². The van der Waals surface area contributed by atoms with Gasteiger partial charge in [-0.15, -0.1) is 0 Å². The average Bonchev–Trinajstić information content (AvgIpc) is 3.65. The first-order valence-electron chi connectivity index (χ1n) is 12.5. The number of hydrogen-bond acceptors (Lipinski definition) is 8. The number of rotatable bonds is 4. The topological polar surface area (TPSA) is 102 Å². The molecule has 4 aliphatic rings. The number of Topliss-reactive ketones (excluding diaryl/α,β-unsaturated/α-hetero) is 1. The fourth-order valence-corrected chi connectivity index (χ4v) is 6.27. The number of benzene rings is 3. The zero-order chi connectivity index (χ0) is 26.8. The van der Waals surface area contributed by atoms with Gasteiger partial charge >= 0.3 is 5.97 Å². The fourth-order valence-electron chi connectivity index (χ4n) is 6.27. The van der Waals surface area contributed by atoms with Gasteiger partial charge in [0.25, 0.3) is 0 Å². The van der Waals surface area contributed by atoms with Gasteiger partial charge in [0, 0.05) is 11.8 Å². The number of amides is 2. The molecule has 4 heterocycles. The molecule has 39 heavy (non-hydrogen) atoms. The zero-order valence-corrected chi connectivity index (χ0v) is 20.8. The molecule has 0 bridgehead atoms. The van der Waals surface area contributed by atoms with Crippen LogP contribution in [-0.4, -0.2) is 48.4 Å². The van der Waals surface area contributed by atoms with Gasteiger partial charge in [-0.05, 0) is 47.5 Å². The molecule has 1 unspecified atom stereocenters. The van der Waals surface area contributed by atoms with E-state index in [1.54, 1.807) is 42.6 Å². The van der Waals surface area contributed by atoms with Gasteiger partial charge in [-0.1, -0.05) is 36.4 Å². The number of fused-ring (bicyclic) bond motifs is 6. The van der Waals surface area contributed by atoms with Crippen LogP contribution in [0.4, 0.5) is 5.69 Å². The second-order valence-corrected chi connectivity index (χ2v) is 9.79. The monoisotopic (exact) mass is 522 g/mol. The molecule has 0 aromatic heterocycles. The number of anilines is 1. The molecule has 3 aromatic carbocycles. The highest BCUT2D eigenvalue weighted by Gasteiger charge is 2.64. The Morgan fingerprint density at radius 2 is 1.64 bits per heavy atom. The molecular weight excluding hydrogens is 500 g/mol. The van der Waals surface area contributed by atoms with Crippen molar-refractivity contribution in [1.29, 1.82) is 0 Å². The minimum absolute atomic E-state index is 0.0659. The SMILES string of the molecule is COC(=O)c1ccccc1N1C(=O)[C@@H]2[C@H](C1=O)C1c3ccccc3C=CN1[C@@H]2C(=O)c1ccc2c(c1)OCO2. The first-order valence-corrected chi connectivity index (χ1v) is 12.5. The van der Waals surface area contributed by atoms with Crippen molar-refractivity contribution in [2.24, 2.45) is 11.8 Å². The zero-order valence-electron chi connectivity index (χ0n) is 20.8. The van der Waals surface area contributed by atoms with Crippen molar-refractivity contribution in [1.82, 2.24) is 4.90 Å². The lowest BCUT2D eigenvalue weighted by Crippen LogP contribution is -2.44. The summed E-state index contributed by atoms with van der Waals surface area (Å²) in [6, 6.07) is 17.4. The van der Waals surface area contributed by atoms with E-state index >= 15 is 0 Å². The molecule has 7 rings (SSSR count). The highest BCUT2D eigenvalue weighted by atomic mass is 16.7. The Morgan fingerprint density at radius 3 is 2.49 bits per heavy atom. The molecule has 2 amide bonds. The van der Waals surface area contributed by atoms with E-state index in [4.69, 9.17) is 14.2 Å². The van der Waals surface area contributed by atoms with Crippen LogP contribution in [0.3, 0.4) is 0 Å². The van der Waals surface area contributed by atoms with Crippen LogP contribution in [0, 0.1) is 11.8 Å². The maximum absolute atomic E-state index is 14.2. The molecule has 194 valence electrons. The molecule has 0 radical (unpaired) electrons. The first kappa shape index (κ1) is 23.2. The van der Waals surface area contributed by atoms with Gasteiger partial charge in [0.05, 0.1) is 36.2 Å². The van der Waals surface area contributed by atoms with Crippen LogP contribution in [0.25, 0.3) is 6.08 Å². The molecule has 0 N–H and O–H groups in total. The highest BCUT2D eigenvalue weighted by molar-refractivity contribution is 6.26. The third-order valence-electron chi connectivity index (χ3n) is 7.94. The number of hydrogen-bond donors (Lipinski definition) is 0. The fraction of sp³-hybridized carbons (Fsp3) is 0.200. The smallest absolute Gasteiger partial charge is 0.339 e. The third-order valence-corrected chi connectivity index (χ3v) is 7.94. The molecular formula is C30H22N2O7. The molecule has 0 aliphatic carbocycles. The van der Waals surface area contributed by atoms with Gasteiger partial charge in [-0.2, -0.15) is 0 Å². The summed E-state index contributed by atoms with van der Waals surface area (Å²) in [5.41, 5.74) is 2.38. The number of ether oxygens (including phenoxy) is 3. The van der Waals surface area contributed by atoms with Crippen molar-refractivity contribution >= 4 is 35.3 Å². The summed E-state index contributed by atoms with van der Waals surface area (Å²) >= 11 is 0. The Kier molecular flexibility index (Phi) is 5.09. The van der Waals surface area contributed by atoms with Crippen molar-refractivity contribution in [2.75, 3.05) is 18.8 Å². The number of methoxy groups -OCH3 is 1. The van der Waals surface area contributed by atoms with E-state index < -0.39 is 41.7 Å². The number of imide groups is 1. The standard InChI is InChI=1S/C30H22N2O7/c1-37-30(36)19-8-4-5-9-20(19)32-28(34)23-24(29(32)35)26(27(33)17-10-11-21-22(14-17)39-15-38-21)31-13-12-16-6-2-3-7-18(16)25(23)31/h2-14,23-26H,15H2,1H3/t23-,24+,25?,26-/m0/s1. The van der Waals surface area contributed by atoms with Crippen LogP contribution in [0.15, 0.2) is 72.9 Å². The summed E-state index contributed by atoms with van der Waals surface area (Å²) in [4.78, 5) is 57.9. The van der Waals surface area contributed by atoms with E-state index in [0.717, 1.165) is 16.0 Å². The summed E-state index contributed by atoms with van der Waals surface area (Å²) in [6.45, 7) is 0.0659. The van der Waals surface area contributed by atoms with E-state index in [1.165, 1.54) is 13.2 Å². The van der Waals surface area contributed by atoms with Gasteiger partial charge in [-0.25, -0.2) is 9.69 Å². The van der Waals surface area contributed by atoms with Gasteiger partial charge in [0.2, 0.25) is 18.6 Å². The summed E-state index contributed by atoms with van der Waals surface area (Å²) < 4.78 is 15.8. The van der Waals surface area contributed by atoms with Crippen molar-refractivity contribution in [3.8, 4) is 11.5 Å². The number of nitrogens with zero attached hydrogens (tertiary/aromatic N) is 2. The predicted octanol–water partition coefficient (Wildman–Crippen LogP) is 3.60. The molecule has 0 saturated carbocycles. The van der Waals surface area contributed by atoms with E-state index in [2.05, 4.69) is 0 Å². The molecule has 3 aromatic rings. The third kappa shape index (κ3) is 3.26. The van der Waals surface area contributed by atoms with Gasteiger partial charge in [0.15, 0.2) is 17.3 Å². The first-order chi connectivity index (χ1) is 19.0. The summed E-state index contributed by atoms with van der Waals surface area (Å²) in [5, 5.41) is 0. The maximum Gasteiger partial charge on any atom is 0.339 e. The van der Waals surface area contributed by atoms with Crippen LogP contribution in [0.1, 0.15) is 37.9 Å². The maximum atomic E-state index is 14.2. The van der Waals surface area contributed by atoms with E-state index in [9.17, 15) is 19.2 Å². The molecule has 2 saturated heterocycles. The van der Waals surface area contributed by atoms with Crippen LogP contribution < -0.4 is 14.4 Å². The Bertz CT molecular complexity index is 1610. The summed E-state index contributed by atoms with van der Waals surface area (Å²) in [6.07, 6.45) is 3.69. The molecule has 0 spiro atoms. The minimum Gasteiger partial charge on any atom is -0.465 e. The van der Waals surface area contributed by atoms with Crippen LogP contribution in [0.2, 0.25) is 0 Å². The predicted molar refractivity (Wildman–Crippen MR) is 138 cm³/mol. The Labute approximate surface area is 223 Å². The van der Waals surface area contributed by atoms with Crippen molar-refractivity contribution in [2.45, 2.75) is 12.1 Å². The second-order valence-electron chi connectivity index (χ2n) is 9.79. The number of para-hydroxylation sites is 1. The Morgan fingerprint density at radius 1 is 0.897 bits per heavy atom. The van der Waals surface area contributed by atoms with E-state index in [-0.39, 0.29) is 23.8 Å². The van der Waals surface area contributed by atoms with E-state index in [0.29, 0.717) is 17.1 Å². The Balaban J connectivity index is 1.37. The minimum atomic E-state index is -0.970. The highest BCUT2D eigenvalue weighted by Crippen LogP contribution is 2.54. The summed E-state index contributed by atoms with van der Waals surface area (Å²) in [7, 11) is 1.24. The van der Waals surface area contributed by atoms with Crippen LogP contribution in [0.5, 0.6) is 11.5 Å². The second kappa shape index (κ2) is 8.56. The lowest BCUT2D eigenvalue weighted by Gasteiger charge is -2.35. The quantitative estimate of drug-likeness (QED) is 0.291. The molecule has 9 nitrogen and oxygen atoms in total. The molecule has 9 heteroatoms. The van der Waals surface area contributed by atoms with Crippen LogP contribution >= 0.6 is 0 Å². The number of carbonyl (C=O) groups is 4. The summed E-state index contributed by atoms with van der Waals surface area (Å²) in [5.74, 6) is -2.77. The average molecular weight is 523 g/mol.